The van der Waals surface area contributed by atoms with Gasteiger partial charge in [-0.1, -0.05) is 35.3 Å². The van der Waals surface area contributed by atoms with Gasteiger partial charge in [-0.3, -0.25) is 4.68 Å². The molecule has 31 heavy (non-hydrogen) atoms. The summed E-state index contributed by atoms with van der Waals surface area (Å²) in [5, 5.41) is 39.0. The third-order valence-electron chi connectivity index (χ3n) is 4.76. The fraction of sp³-hybridized carbons (Fsp3) is 0.316. The van der Waals surface area contributed by atoms with Crippen molar-refractivity contribution in [3.63, 3.8) is 0 Å². The number of aliphatic hydroxyl groups excluding tert-OH is 3. The first-order valence-corrected chi connectivity index (χ1v) is 11.5. The highest BCUT2D eigenvalue weighted by atomic mass is 35.5. The van der Waals surface area contributed by atoms with Crippen molar-refractivity contribution in [2.45, 2.75) is 34.7 Å². The second kappa shape index (κ2) is 9.44. The Labute approximate surface area is 195 Å². The molecule has 0 bridgehead atoms. The molecule has 162 valence electrons. The van der Waals surface area contributed by atoms with Gasteiger partial charge >= 0.3 is 0 Å². The van der Waals surface area contributed by atoms with E-state index in [0.29, 0.717) is 31.3 Å². The highest BCUT2D eigenvalue weighted by Gasteiger charge is 2.46. The molecule has 0 radical (unpaired) electrons. The van der Waals surface area contributed by atoms with Crippen LogP contribution >= 0.6 is 46.3 Å². The predicted molar refractivity (Wildman–Crippen MR) is 119 cm³/mol. The van der Waals surface area contributed by atoms with Crippen LogP contribution in [0.1, 0.15) is 6.04 Å². The molecule has 3 N–H and O–H groups in total. The van der Waals surface area contributed by atoms with Gasteiger partial charge in [-0.15, -0.1) is 23.1 Å². The Morgan fingerprint density at radius 3 is 2.77 bits per heavy atom. The molecule has 5 atom stereocenters. The first-order chi connectivity index (χ1) is 14.9. The minimum atomic E-state index is -1.22. The number of nitrogens with zero attached hydrogens (tertiary/aromatic N) is 4. The number of thioether (sulfide) groups is 1. The summed E-state index contributed by atoms with van der Waals surface area (Å²) >= 11 is 14.4. The average molecular weight is 499 g/mol. The highest BCUT2D eigenvalue weighted by molar-refractivity contribution is 8.00. The Morgan fingerprint density at radius 1 is 1.29 bits per heavy atom. The van der Waals surface area contributed by atoms with E-state index < -0.39 is 36.4 Å². The summed E-state index contributed by atoms with van der Waals surface area (Å²) in [7, 11) is 0. The molecular weight excluding hydrogens is 483 g/mol. The van der Waals surface area contributed by atoms with E-state index in [0.717, 1.165) is 11.8 Å². The third kappa shape index (κ3) is 4.60. The van der Waals surface area contributed by atoms with E-state index in [2.05, 4.69) is 14.9 Å². The number of aromatic nitrogens is 3. The van der Waals surface area contributed by atoms with Gasteiger partial charge in [0.2, 0.25) is 5.69 Å². The maximum atomic E-state index is 11.1. The standard InChI is InChI=1S/C19H16Cl2N4O4S2/c1-22-11-3-2-10(20)4-13(11)31-19-17(28)15(16(27)12(7-26)29-19)25-6-9(5-23-25)18-24-14(21)8-30-18/h2-6,8,12,15-17,19,26-28H,7H2/t12?,15-,16-,17?,19+/m0/s1. The van der Waals surface area contributed by atoms with Crippen LogP contribution in [-0.4, -0.2) is 60.4 Å². The van der Waals surface area contributed by atoms with Crippen molar-refractivity contribution in [3.05, 3.63) is 57.6 Å². The molecule has 1 saturated heterocycles. The molecule has 1 fully saturated rings. The molecule has 2 unspecified atom stereocenters. The largest absolute Gasteiger partial charge is 0.394 e. The summed E-state index contributed by atoms with van der Waals surface area (Å²) < 4.78 is 7.19. The van der Waals surface area contributed by atoms with Crippen molar-refractivity contribution in [2.75, 3.05) is 6.61 Å². The van der Waals surface area contributed by atoms with E-state index >= 15 is 0 Å². The number of thiazole rings is 1. The van der Waals surface area contributed by atoms with Gasteiger partial charge in [0, 0.05) is 27.1 Å². The summed E-state index contributed by atoms with van der Waals surface area (Å²) in [6.45, 7) is 6.89. The van der Waals surface area contributed by atoms with E-state index in [-0.39, 0.29) is 0 Å². The molecule has 12 heteroatoms. The van der Waals surface area contributed by atoms with Crippen LogP contribution in [0.25, 0.3) is 15.4 Å². The highest BCUT2D eigenvalue weighted by Crippen LogP contribution is 2.42. The Hall–Kier alpha value is -1.68. The van der Waals surface area contributed by atoms with Crippen LogP contribution in [0.5, 0.6) is 0 Å². The van der Waals surface area contributed by atoms with Gasteiger partial charge in [-0.25, -0.2) is 9.83 Å². The summed E-state index contributed by atoms with van der Waals surface area (Å²) in [5.74, 6) is 0. The second-order valence-electron chi connectivity index (χ2n) is 6.72. The Bertz CT molecular complexity index is 1120. The van der Waals surface area contributed by atoms with Crippen molar-refractivity contribution >= 4 is 52.0 Å². The van der Waals surface area contributed by atoms with E-state index in [4.69, 9.17) is 34.5 Å². The molecule has 3 heterocycles. The van der Waals surface area contributed by atoms with Crippen LogP contribution in [0.15, 0.2) is 40.9 Å². The van der Waals surface area contributed by atoms with Gasteiger partial charge in [0.25, 0.3) is 0 Å². The summed E-state index contributed by atoms with van der Waals surface area (Å²) in [5.41, 5.74) is 0.152. The first-order valence-electron chi connectivity index (χ1n) is 9.03. The number of ether oxygens (including phenoxy) is 1. The van der Waals surface area contributed by atoms with Crippen LogP contribution in [-0.2, 0) is 4.74 Å². The molecular formula is C19H16Cl2N4O4S2. The topological polar surface area (TPSA) is 105 Å². The fourth-order valence-corrected chi connectivity index (χ4v) is 5.61. The molecule has 0 amide bonds. The quantitative estimate of drug-likeness (QED) is 0.461. The minimum Gasteiger partial charge on any atom is -0.394 e. The molecule has 1 aromatic carbocycles. The summed E-state index contributed by atoms with van der Waals surface area (Å²) in [6, 6.07) is 3.91. The molecule has 8 nitrogen and oxygen atoms in total. The second-order valence-corrected chi connectivity index (χ2v) is 9.55. The van der Waals surface area contributed by atoms with Crippen molar-refractivity contribution < 1.29 is 20.1 Å². The number of hydrogen-bond donors (Lipinski definition) is 3. The maximum Gasteiger partial charge on any atom is 0.200 e. The van der Waals surface area contributed by atoms with E-state index in [1.165, 1.54) is 16.0 Å². The minimum absolute atomic E-state index is 0.357. The van der Waals surface area contributed by atoms with Gasteiger partial charge in [0.1, 0.15) is 40.0 Å². The van der Waals surface area contributed by atoms with E-state index in [1.807, 2.05) is 0 Å². The Morgan fingerprint density at radius 2 is 2.10 bits per heavy atom. The van der Waals surface area contributed by atoms with Crippen LogP contribution in [0, 0.1) is 6.57 Å². The van der Waals surface area contributed by atoms with Crippen LogP contribution in [0.4, 0.5) is 5.69 Å². The van der Waals surface area contributed by atoms with Gasteiger partial charge in [-0.05, 0) is 6.07 Å². The maximum absolute atomic E-state index is 11.1. The molecule has 3 aromatic rings. The van der Waals surface area contributed by atoms with Crippen molar-refractivity contribution in [1.82, 2.24) is 14.8 Å². The fourth-order valence-electron chi connectivity index (χ4n) is 3.28. The van der Waals surface area contributed by atoms with Gasteiger partial charge < -0.3 is 20.1 Å². The Balaban J connectivity index is 1.64. The monoisotopic (exact) mass is 498 g/mol. The number of hydrogen-bond acceptors (Lipinski definition) is 8. The van der Waals surface area contributed by atoms with Crippen molar-refractivity contribution in [2.24, 2.45) is 0 Å². The average Bonchev–Trinajstić information content (AvgIpc) is 3.39. The lowest BCUT2D eigenvalue weighted by atomic mass is 9.97. The predicted octanol–water partition coefficient (Wildman–Crippen LogP) is 3.64. The normalized spacial score (nSPS) is 26.0. The molecule has 4 rings (SSSR count). The SMILES string of the molecule is [C-]#[N+]c1ccc(Cl)cc1S[C@H]1OC(CO)[C@H](O)[C@H](n2cc(-c3nc(Cl)cs3)cn2)C1O. The van der Waals surface area contributed by atoms with Gasteiger partial charge in [-0.2, -0.15) is 5.10 Å². The van der Waals surface area contributed by atoms with Crippen LogP contribution < -0.4 is 0 Å². The zero-order chi connectivity index (χ0) is 22.1. The van der Waals surface area contributed by atoms with Crippen molar-refractivity contribution in [1.29, 1.82) is 0 Å². The van der Waals surface area contributed by atoms with Gasteiger partial charge in [0.05, 0.1) is 19.4 Å². The van der Waals surface area contributed by atoms with E-state index in [9.17, 15) is 15.3 Å². The molecule has 1 aliphatic heterocycles. The van der Waals surface area contributed by atoms with E-state index in [1.54, 1.807) is 36.0 Å². The smallest absolute Gasteiger partial charge is 0.200 e. The zero-order valence-corrected chi connectivity index (χ0v) is 18.8. The molecule has 2 aromatic heterocycles. The third-order valence-corrected chi connectivity index (χ3v) is 7.42. The zero-order valence-electron chi connectivity index (χ0n) is 15.7. The lowest BCUT2D eigenvalue weighted by molar-refractivity contribution is -0.178. The number of aliphatic hydroxyl groups is 3. The van der Waals surface area contributed by atoms with Crippen LogP contribution in [0.2, 0.25) is 10.2 Å². The number of rotatable bonds is 5. The summed E-state index contributed by atoms with van der Waals surface area (Å²) in [4.78, 5) is 8.20. The van der Waals surface area contributed by atoms with Crippen molar-refractivity contribution in [3.8, 4) is 10.6 Å². The van der Waals surface area contributed by atoms with Crippen LogP contribution in [0.3, 0.4) is 0 Å². The first kappa shape index (κ1) is 22.5. The lowest BCUT2D eigenvalue weighted by Crippen LogP contribution is -2.54. The van der Waals surface area contributed by atoms with Gasteiger partial charge in [0.15, 0.2) is 0 Å². The molecule has 0 saturated carbocycles. The Kier molecular flexibility index (Phi) is 6.86. The molecule has 0 spiro atoms. The summed E-state index contributed by atoms with van der Waals surface area (Å²) in [6.07, 6.45) is -0.160. The molecule has 0 aliphatic carbocycles. The molecule has 1 aliphatic rings. The lowest BCUT2D eigenvalue weighted by Gasteiger charge is -2.42. The number of benzene rings is 1. The number of halogens is 2.